The molecule has 2 aromatic rings. The van der Waals surface area contributed by atoms with Crippen LogP contribution in [0.2, 0.25) is 0 Å². The SMILES string of the molecule is CCOC(Cn1c(=O)ccc2ccc(OCCNC(=O)OC(C)(C)C)nc21)OCC. The van der Waals surface area contributed by atoms with E-state index in [1.807, 2.05) is 19.9 Å². The zero-order chi connectivity index (χ0) is 22.1. The van der Waals surface area contributed by atoms with Gasteiger partial charge in [0, 0.05) is 30.7 Å². The Morgan fingerprint density at radius 2 is 1.80 bits per heavy atom. The Kier molecular flexibility index (Phi) is 8.61. The molecule has 2 rings (SSSR count). The molecule has 0 saturated carbocycles. The van der Waals surface area contributed by atoms with Crippen molar-refractivity contribution >= 4 is 17.1 Å². The highest BCUT2D eigenvalue weighted by Gasteiger charge is 2.16. The summed E-state index contributed by atoms with van der Waals surface area (Å²) in [7, 11) is 0. The predicted octanol–water partition coefficient (Wildman–Crippen LogP) is 2.70. The largest absolute Gasteiger partial charge is 0.476 e. The molecule has 9 nitrogen and oxygen atoms in total. The van der Waals surface area contributed by atoms with Gasteiger partial charge >= 0.3 is 6.09 Å². The van der Waals surface area contributed by atoms with Gasteiger partial charge in [-0.15, -0.1) is 0 Å². The Hall–Kier alpha value is -2.65. The van der Waals surface area contributed by atoms with E-state index in [9.17, 15) is 9.59 Å². The summed E-state index contributed by atoms with van der Waals surface area (Å²) in [6.07, 6.45) is -1.06. The Balaban J connectivity index is 2.08. The minimum absolute atomic E-state index is 0.204. The van der Waals surface area contributed by atoms with Crippen LogP contribution in [0, 0.1) is 0 Å². The normalized spacial score (nSPS) is 11.7. The molecule has 0 aromatic carbocycles. The van der Waals surface area contributed by atoms with Crippen molar-refractivity contribution in [3.05, 3.63) is 34.6 Å². The van der Waals surface area contributed by atoms with Gasteiger partial charge in [0.25, 0.3) is 5.56 Å². The van der Waals surface area contributed by atoms with Gasteiger partial charge in [-0.1, -0.05) is 0 Å². The summed E-state index contributed by atoms with van der Waals surface area (Å²) in [5.41, 5.74) is -0.289. The first-order valence-electron chi connectivity index (χ1n) is 10.1. The number of ether oxygens (including phenoxy) is 4. The van der Waals surface area contributed by atoms with Crippen molar-refractivity contribution in [2.75, 3.05) is 26.4 Å². The molecule has 9 heteroatoms. The molecule has 0 aliphatic rings. The topological polar surface area (TPSA) is 101 Å². The van der Waals surface area contributed by atoms with E-state index in [1.165, 1.54) is 10.6 Å². The van der Waals surface area contributed by atoms with Crippen LogP contribution in [-0.2, 0) is 20.8 Å². The summed E-state index contributed by atoms with van der Waals surface area (Å²) in [4.78, 5) is 28.6. The van der Waals surface area contributed by atoms with Gasteiger partial charge in [-0.25, -0.2) is 4.79 Å². The fraction of sp³-hybridized carbons (Fsp3) is 0.571. The second-order valence-electron chi connectivity index (χ2n) is 7.46. The van der Waals surface area contributed by atoms with Gasteiger partial charge in [0.2, 0.25) is 5.88 Å². The van der Waals surface area contributed by atoms with Gasteiger partial charge in [0.1, 0.15) is 17.9 Å². The highest BCUT2D eigenvalue weighted by atomic mass is 16.7. The van der Waals surface area contributed by atoms with Gasteiger partial charge in [-0.3, -0.25) is 9.36 Å². The molecule has 0 aliphatic heterocycles. The highest BCUT2D eigenvalue weighted by molar-refractivity contribution is 5.75. The summed E-state index contributed by atoms with van der Waals surface area (Å²) in [5, 5.41) is 3.41. The molecule has 0 radical (unpaired) electrons. The van der Waals surface area contributed by atoms with Crippen molar-refractivity contribution < 1.29 is 23.7 Å². The molecular formula is C21H31N3O6. The van der Waals surface area contributed by atoms with Crippen molar-refractivity contribution in [1.29, 1.82) is 0 Å². The summed E-state index contributed by atoms with van der Waals surface area (Å²) < 4.78 is 23.4. The van der Waals surface area contributed by atoms with Crippen LogP contribution in [0.15, 0.2) is 29.1 Å². The number of carbonyl (C=O) groups is 1. The number of fused-ring (bicyclic) bond motifs is 1. The molecular weight excluding hydrogens is 390 g/mol. The number of amides is 1. The maximum absolute atomic E-state index is 12.4. The van der Waals surface area contributed by atoms with Crippen LogP contribution in [0.4, 0.5) is 4.79 Å². The third-order valence-corrected chi connectivity index (χ3v) is 3.86. The van der Waals surface area contributed by atoms with Crippen LogP contribution in [0.1, 0.15) is 34.6 Å². The van der Waals surface area contributed by atoms with Crippen LogP contribution in [0.3, 0.4) is 0 Å². The first-order valence-corrected chi connectivity index (χ1v) is 10.1. The maximum atomic E-state index is 12.4. The average molecular weight is 421 g/mol. The minimum Gasteiger partial charge on any atom is -0.476 e. The predicted molar refractivity (Wildman–Crippen MR) is 113 cm³/mol. The quantitative estimate of drug-likeness (QED) is 0.465. The van der Waals surface area contributed by atoms with E-state index in [-0.39, 0.29) is 25.3 Å². The Labute approximate surface area is 176 Å². The number of rotatable bonds is 10. The minimum atomic E-state index is -0.560. The molecule has 0 saturated heterocycles. The second-order valence-corrected chi connectivity index (χ2v) is 7.46. The number of nitrogens with zero attached hydrogens (tertiary/aromatic N) is 2. The molecule has 0 aliphatic carbocycles. The molecule has 0 bridgehead atoms. The van der Waals surface area contributed by atoms with Crippen molar-refractivity contribution in [3.8, 4) is 5.88 Å². The van der Waals surface area contributed by atoms with E-state index in [2.05, 4.69) is 10.3 Å². The molecule has 1 N–H and O–H groups in total. The fourth-order valence-electron chi connectivity index (χ4n) is 2.70. The zero-order valence-electron chi connectivity index (χ0n) is 18.3. The number of hydrogen-bond donors (Lipinski definition) is 1. The van der Waals surface area contributed by atoms with Gasteiger partial charge in [0.15, 0.2) is 6.29 Å². The monoisotopic (exact) mass is 421 g/mol. The molecule has 0 spiro atoms. The maximum Gasteiger partial charge on any atom is 0.407 e. The lowest BCUT2D eigenvalue weighted by Crippen LogP contribution is -2.34. The van der Waals surface area contributed by atoms with Crippen molar-refractivity contribution in [1.82, 2.24) is 14.9 Å². The first kappa shape index (κ1) is 23.6. The fourth-order valence-corrected chi connectivity index (χ4v) is 2.70. The van der Waals surface area contributed by atoms with Crippen LogP contribution in [0.25, 0.3) is 11.0 Å². The van der Waals surface area contributed by atoms with E-state index >= 15 is 0 Å². The van der Waals surface area contributed by atoms with Crippen molar-refractivity contribution in [3.63, 3.8) is 0 Å². The van der Waals surface area contributed by atoms with Crippen molar-refractivity contribution in [2.45, 2.75) is 53.1 Å². The Morgan fingerprint density at radius 3 is 2.43 bits per heavy atom. The molecule has 0 atom stereocenters. The summed E-state index contributed by atoms with van der Waals surface area (Å²) in [5.74, 6) is 0.345. The molecule has 1 amide bonds. The summed E-state index contributed by atoms with van der Waals surface area (Å²) in [6.45, 7) is 10.7. The van der Waals surface area contributed by atoms with Crippen LogP contribution >= 0.6 is 0 Å². The van der Waals surface area contributed by atoms with E-state index in [1.54, 1.807) is 32.9 Å². The van der Waals surface area contributed by atoms with Gasteiger partial charge in [-0.05, 0) is 46.8 Å². The average Bonchev–Trinajstić information content (AvgIpc) is 2.66. The van der Waals surface area contributed by atoms with E-state index in [0.29, 0.717) is 24.7 Å². The highest BCUT2D eigenvalue weighted by Crippen LogP contribution is 2.16. The van der Waals surface area contributed by atoms with Gasteiger partial charge in [0.05, 0.1) is 13.1 Å². The smallest absolute Gasteiger partial charge is 0.407 e. The third kappa shape index (κ3) is 7.31. The summed E-state index contributed by atoms with van der Waals surface area (Å²) in [6, 6.07) is 6.74. The number of carbonyl (C=O) groups excluding carboxylic acids is 1. The molecule has 0 unspecified atom stereocenters. The molecule has 30 heavy (non-hydrogen) atoms. The number of aromatic nitrogens is 2. The zero-order valence-corrected chi connectivity index (χ0v) is 18.3. The first-order chi connectivity index (χ1) is 14.2. The lowest BCUT2D eigenvalue weighted by molar-refractivity contribution is -0.143. The van der Waals surface area contributed by atoms with Gasteiger partial charge < -0.3 is 24.3 Å². The Bertz CT molecular complexity index is 884. The molecule has 166 valence electrons. The van der Waals surface area contributed by atoms with E-state index < -0.39 is 18.0 Å². The van der Waals surface area contributed by atoms with Crippen molar-refractivity contribution in [2.24, 2.45) is 0 Å². The van der Waals surface area contributed by atoms with E-state index in [4.69, 9.17) is 18.9 Å². The standard InChI is InChI=1S/C21H31N3O6/c1-6-27-18(28-7-2)14-24-17(25)11-9-15-8-10-16(23-19(15)24)29-13-12-22-20(26)30-21(3,4)5/h8-11,18H,6-7,12-14H2,1-5H3,(H,22,26). The summed E-state index contributed by atoms with van der Waals surface area (Å²) >= 11 is 0. The third-order valence-electron chi connectivity index (χ3n) is 3.86. The number of alkyl carbamates (subject to hydrolysis) is 1. The van der Waals surface area contributed by atoms with E-state index in [0.717, 1.165) is 5.39 Å². The number of nitrogens with one attached hydrogen (secondary N) is 1. The lowest BCUT2D eigenvalue weighted by Gasteiger charge is -2.20. The van der Waals surface area contributed by atoms with Crippen LogP contribution in [-0.4, -0.2) is 53.9 Å². The number of hydrogen-bond acceptors (Lipinski definition) is 7. The van der Waals surface area contributed by atoms with Crippen LogP contribution in [0.5, 0.6) is 5.88 Å². The second kappa shape index (κ2) is 10.9. The van der Waals surface area contributed by atoms with Gasteiger partial charge in [-0.2, -0.15) is 4.98 Å². The molecule has 2 heterocycles. The molecule has 2 aromatic heterocycles. The lowest BCUT2D eigenvalue weighted by atomic mass is 10.2. The molecule has 0 fully saturated rings. The Morgan fingerprint density at radius 1 is 1.13 bits per heavy atom. The van der Waals surface area contributed by atoms with Crippen LogP contribution < -0.4 is 15.6 Å². The number of pyridine rings is 2.